The van der Waals surface area contributed by atoms with E-state index in [1.807, 2.05) is 6.07 Å². The van der Waals surface area contributed by atoms with E-state index >= 15 is 0 Å². The monoisotopic (exact) mass is 315 g/mol. The third-order valence-electron chi connectivity index (χ3n) is 4.25. The number of halogens is 3. The second-order valence-corrected chi connectivity index (χ2v) is 5.75. The first kappa shape index (κ1) is 16.6. The lowest BCUT2D eigenvalue weighted by Crippen LogP contribution is -2.39. The van der Waals surface area contributed by atoms with Gasteiger partial charge in [-0.05, 0) is 31.6 Å². The summed E-state index contributed by atoms with van der Waals surface area (Å²) >= 11 is 0. The fraction of sp³-hybridized carbons (Fsp3) is 0.600. The third kappa shape index (κ3) is 3.02. The minimum Gasteiger partial charge on any atom is -0.466 e. The van der Waals surface area contributed by atoms with Gasteiger partial charge in [-0.25, -0.2) is 4.79 Å². The fourth-order valence-corrected chi connectivity index (χ4v) is 2.56. The van der Waals surface area contributed by atoms with Crippen LogP contribution in [0.5, 0.6) is 0 Å². The summed E-state index contributed by atoms with van der Waals surface area (Å²) in [5, 5.41) is 19.9. The second kappa shape index (κ2) is 5.43. The summed E-state index contributed by atoms with van der Waals surface area (Å²) in [5.74, 6) is -1.34. The number of carbonyl (C=O) groups is 1. The van der Waals surface area contributed by atoms with Crippen molar-refractivity contribution in [2.45, 2.75) is 37.5 Å². The van der Waals surface area contributed by atoms with Crippen LogP contribution in [0.4, 0.5) is 13.2 Å². The number of rotatable bonds is 5. The molecule has 2 fully saturated rings. The molecule has 0 aromatic carbocycles. The molecule has 2 aliphatic rings. The highest BCUT2D eigenvalue weighted by atomic mass is 19.4. The molecule has 2 aliphatic carbocycles. The van der Waals surface area contributed by atoms with E-state index < -0.39 is 28.7 Å². The lowest BCUT2D eigenvalue weighted by Gasteiger charge is -2.30. The highest BCUT2D eigenvalue weighted by molar-refractivity contribution is 5.83. The van der Waals surface area contributed by atoms with Crippen LogP contribution in [0.25, 0.3) is 0 Å². The average Bonchev–Trinajstić information content (AvgIpc) is 3.33. The van der Waals surface area contributed by atoms with Crippen LogP contribution in [-0.4, -0.2) is 30.0 Å². The summed E-state index contributed by atoms with van der Waals surface area (Å²) in [5.41, 5.74) is -3.80. The Hall–Kier alpha value is -1.81. The van der Waals surface area contributed by atoms with Crippen LogP contribution in [0, 0.1) is 22.7 Å². The molecule has 0 spiro atoms. The van der Waals surface area contributed by atoms with E-state index in [4.69, 9.17) is 0 Å². The van der Waals surface area contributed by atoms with Crippen LogP contribution in [-0.2, 0) is 9.53 Å². The van der Waals surface area contributed by atoms with Gasteiger partial charge in [-0.3, -0.25) is 0 Å². The van der Waals surface area contributed by atoms with Crippen molar-refractivity contribution in [3.63, 3.8) is 0 Å². The van der Waals surface area contributed by atoms with Gasteiger partial charge in [-0.2, -0.15) is 18.4 Å². The smallest absolute Gasteiger partial charge is 0.416 e. The van der Waals surface area contributed by atoms with E-state index in [2.05, 4.69) is 4.74 Å². The van der Waals surface area contributed by atoms with Gasteiger partial charge < -0.3 is 9.84 Å². The summed E-state index contributed by atoms with van der Waals surface area (Å²) in [7, 11) is 0.978. The highest BCUT2D eigenvalue weighted by Crippen LogP contribution is 2.61. The summed E-state index contributed by atoms with van der Waals surface area (Å²) < 4.78 is 43.0. The third-order valence-corrected chi connectivity index (χ3v) is 4.25. The van der Waals surface area contributed by atoms with E-state index in [0.29, 0.717) is 37.8 Å². The number of nitrogens with zero attached hydrogens (tertiary/aromatic N) is 1. The van der Waals surface area contributed by atoms with Crippen molar-refractivity contribution < 1.29 is 27.8 Å². The molecule has 1 atom stereocenters. The van der Waals surface area contributed by atoms with Gasteiger partial charge in [-0.1, -0.05) is 12.2 Å². The molecule has 120 valence electrons. The van der Waals surface area contributed by atoms with Gasteiger partial charge in [0.25, 0.3) is 0 Å². The minimum atomic E-state index is -4.75. The molecule has 0 heterocycles. The van der Waals surface area contributed by atoms with Crippen molar-refractivity contribution in [3.8, 4) is 6.07 Å². The number of methoxy groups -OCH3 is 1. The zero-order valence-electron chi connectivity index (χ0n) is 12.0. The molecule has 1 unspecified atom stereocenters. The quantitative estimate of drug-likeness (QED) is 0.481. The van der Waals surface area contributed by atoms with Crippen molar-refractivity contribution in [3.05, 3.63) is 23.8 Å². The van der Waals surface area contributed by atoms with Gasteiger partial charge in [0.2, 0.25) is 0 Å². The van der Waals surface area contributed by atoms with Gasteiger partial charge >= 0.3 is 12.1 Å². The first-order chi connectivity index (χ1) is 10.2. The molecule has 7 heteroatoms. The van der Waals surface area contributed by atoms with E-state index in [9.17, 15) is 28.3 Å². The van der Waals surface area contributed by atoms with Crippen LogP contribution in [0.2, 0.25) is 0 Å². The van der Waals surface area contributed by atoms with Crippen molar-refractivity contribution in [1.82, 2.24) is 0 Å². The number of allylic oxidation sites excluding steroid dienone is 2. The van der Waals surface area contributed by atoms with Crippen LogP contribution in [0.3, 0.4) is 0 Å². The van der Waals surface area contributed by atoms with Crippen molar-refractivity contribution in [2.24, 2.45) is 11.3 Å². The molecular weight excluding hydrogens is 299 g/mol. The van der Waals surface area contributed by atoms with Crippen LogP contribution in [0.15, 0.2) is 23.8 Å². The number of ether oxygens (including phenoxy) is 1. The summed E-state index contributed by atoms with van der Waals surface area (Å²) in [6, 6.07) is 2.04. The number of carbonyl (C=O) groups excluding carboxylic acids is 1. The number of hydrogen-bond donors (Lipinski definition) is 1. The molecule has 22 heavy (non-hydrogen) atoms. The molecule has 4 nitrogen and oxygen atoms in total. The summed E-state index contributed by atoms with van der Waals surface area (Å²) in [4.78, 5) is 11.1. The molecule has 0 aliphatic heterocycles. The molecular formula is C15H16F3NO3. The summed E-state index contributed by atoms with van der Waals surface area (Å²) in [6.07, 6.45) is -0.450. The molecule has 1 N–H and O–H groups in total. The number of nitriles is 1. The van der Waals surface area contributed by atoms with Gasteiger partial charge in [0.05, 0.1) is 24.2 Å². The maximum Gasteiger partial charge on any atom is 0.416 e. The van der Waals surface area contributed by atoms with Crippen molar-refractivity contribution in [2.75, 3.05) is 7.11 Å². The molecule has 0 amide bonds. The Balaban J connectivity index is 2.32. The molecule has 0 radical (unpaired) electrons. The Labute approximate surface area is 125 Å². The molecule has 0 aromatic rings. The molecule has 0 aromatic heterocycles. The lowest BCUT2D eigenvalue weighted by atomic mass is 9.80. The molecule has 2 saturated carbocycles. The molecule has 0 bridgehead atoms. The van der Waals surface area contributed by atoms with Gasteiger partial charge in [0, 0.05) is 6.08 Å². The Morgan fingerprint density at radius 2 is 2.00 bits per heavy atom. The minimum absolute atomic E-state index is 0.210. The highest BCUT2D eigenvalue weighted by Gasteiger charge is 2.63. The Kier molecular flexibility index (Phi) is 4.09. The maximum absolute atomic E-state index is 12.9. The number of hydrogen-bond acceptors (Lipinski definition) is 4. The van der Waals surface area contributed by atoms with Crippen molar-refractivity contribution in [1.29, 1.82) is 5.26 Å². The van der Waals surface area contributed by atoms with E-state index in [1.165, 1.54) is 0 Å². The van der Waals surface area contributed by atoms with Crippen LogP contribution in [0.1, 0.15) is 25.7 Å². The zero-order valence-corrected chi connectivity index (χ0v) is 12.0. The van der Waals surface area contributed by atoms with E-state index in [-0.39, 0.29) is 5.92 Å². The van der Waals surface area contributed by atoms with Gasteiger partial charge in [0.1, 0.15) is 5.60 Å². The Morgan fingerprint density at radius 1 is 1.41 bits per heavy atom. The SMILES string of the molecule is COC(=O)/C=C(\C=C\C(O)(C1CC1)C1(C#N)CC1)C(F)(F)F. The second-order valence-electron chi connectivity index (χ2n) is 5.75. The first-order valence-corrected chi connectivity index (χ1v) is 6.88. The maximum atomic E-state index is 12.9. The topological polar surface area (TPSA) is 70.3 Å². The van der Waals surface area contributed by atoms with Gasteiger partial charge in [0.15, 0.2) is 0 Å². The predicted octanol–water partition coefficient (Wildman–Crippen LogP) is 2.65. The number of alkyl halides is 3. The largest absolute Gasteiger partial charge is 0.466 e. The average molecular weight is 315 g/mol. The fourth-order valence-electron chi connectivity index (χ4n) is 2.56. The normalized spacial score (nSPS) is 23.7. The van der Waals surface area contributed by atoms with Crippen LogP contribution < -0.4 is 0 Å². The summed E-state index contributed by atoms with van der Waals surface area (Å²) in [6.45, 7) is 0. The Morgan fingerprint density at radius 3 is 2.36 bits per heavy atom. The van der Waals surface area contributed by atoms with Crippen LogP contribution >= 0.6 is 0 Å². The first-order valence-electron chi connectivity index (χ1n) is 6.88. The van der Waals surface area contributed by atoms with E-state index in [0.717, 1.165) is 13.2 Å². The standard InChI is InChI=1S/C15H16F3NO3/c1-22-12(20)8-11(15(16,17)18)4-5-14(21,10-2-3-10)13(9-19)6-7-13/h4-5,8,10,21H,2-3,6-7H2,1H3/b5-4+,11-8+. The number of aliphatic hydroxyl groups is 1. The van der Waals surface area contributed by atoms with Crippen molar-refractivity contribution >= 4 is 5.97 Å². The number of esters is 1. The molecule has 0 saturated heterocycles. The predicted molar refractivity (Wildman–Crippen MR) is 70.2 cm³/mol. The van der Waals surface area contributed by atoms with Gasteiger partial charge in [-0.15, -0.1) is 0 Å². The zero-order chi connectivity index (χ0) is 16.6. The van der Waals surface area contributed by atoms with E-state index in [1.54, 1.807) is 0 Å². The Bertz CT molecular complexity index is 566. The lowest BCUT2D eigenvalue weighted by molar-refractivity contribution is -0.135. The molecule has 2 rings (SSSR count).